The molecule has 1 N–H and O–H groups in total. The Morgan fingerprint density at radius 3 is 2.25 bits per heavy atom. The Morgan fingerprint density at radius 1 is 0.938 bits per heavy atom. The van der Waals surface area contributed by atoms with E-state index in [1.807, 2.05) is 60.7 Å². The largest absolute Gasteiger partial charge is 0.503 e. The number of aliphatic hydroxyl groups excluding tert-OH is 1. The highest BCUT2D eigenvalue weighted by molar-refractivity contribution is 6.14. The van der Waals surface area contributed by atoms with Crippen LogP contribution in [0.15, 0.2) is 102 Å². The molecule has 1 heterocycles. The number of benzene rings is 3. The number of carbonyl (C=O) groups excluding carboxylic acids is 2. The fourth-order valence-corrected chi connectivity index (χ4v) is 3.88. The number of carbonyl (C=O) groups is 2. The highest BCUT2D eigenvalue weighted by Gasteiger charge is 2.43. The summed E-state index contributed by atoms with van der Waals surface area (Å²) in [5.41, 5.74) is 1.86. The summed E-state index contributed by atoms with van der Waals surface area (Å²) < 4.78 is 14.7. The molecule has 1 aliphatic heterocycles. The van der Waals surface area contributed by atoms with Crippen molar-refractivity contribution in [1.29, 1.82) is 0 Å². The molecule has 0 bridgehead atoms. The van der Waals surface area contributed by atoms with E-state index >= 15 is 0 Å². The third-order valence-electron chi connectivity index (χ3n) is 5.48. The molecule has 1 atom stereocenters. The van der Waals surface area contributed by atoms with Crippen molar-refractivity contribution in [2.45, 2.75) is 12.5 Å². The highest BCUT2D eigenvalue weighted by Crippen LogP contribution is 2.39. The van der Waals surface area contributed by atoms with Crippen molar-refractivity contribution >= 4 is 17.8 Å². The lowest BCUT2D eigenvalue weighted by atomic mass is 9.95. The third kappa shape index (κ3) is 4.37. The van der Waals surface area contributed by atoms with Gasteiger partial charge in [0.05, 0.1) is 11.6 Å². The van der Waals surface area contributed by atoms with Crippen LogP contribution in [-0.4, -0.2) is 28.2 Å². The first kappa shape index (κ1) is 21.2. The zero-order valence-corrected chi connectivity index (χ0v) is 17.3. The fraction of sp³-hybridized carbons (Fsp3) is 0.111. The molecular weight excluding hydrogens is 405 g/mol. The molecule has 4 rings (SSSR count). The van der Waals surface area contributed by atoms with E-state index in [1.54, 1.807) is 18.2 Å². The van der Waals surface area contributed by atoms with Gasteiger partial charge in [0.1, 0.15) is 5.82 Å². The summed E-state index contributed by atoms with van der Waals surface area (Å²) in [6.45, 7) is 0.227. The van der Waals surface area contributed by atoms with E-state index in [1.165, 1.54) is 23.1 Å². The normalized spacial score (nSPS) is 16.2. The van der Waals surface area contributed by atoms with Gasteiger partial charge < -0.3 is 10.0 Å². The van der Waals surface area contributed by atoms with Crippen LogP contribution in [0.3, 0.4) is 0 Å². The molecule has 0 radical (unpaired) electrons. The van der Waals surface area contributed by atoms with E-state index in [4.69, 9.17) is 0 Å². The predicted molar refractivity (Wildman–Crippen MR) is 121 cm³/mol. The molecule has 0 saturated heterocycles. The van der Waals surface area contributed by atoms with Crippen molar-refractivity contribution in [3.05, 3.63) is 125 Å². The summed E-state index contributed by atoms with van der Waals surface area (Å²) >= 11 is 0. The van der Waals surface area contributed by atoms with Gasteiger partial charge >= 0.3 is 0 Å². The predicted octanol–water partition coefficient (Wildman–Crippen LogP) is 5.05. The van der Waals surface area contributed by atoms with Crippen LogP contribution in [0.5, 0.6) is 0 Å². The molecule has 3 aromatic carbocycles. The van der Waals surface area contributed by atoms with Crippen LogP contribution in [0.2, 0.25) is 0 Å². The molecule has 1 aliphatic rings. The van der Waals surface area contributed by atoms with Crippen molar-refractivity contribution in [3.8, 4) is 0 Å². The Hall–Kier alpha value is -3.99. The van der Waals surface area contributed by atoms with Crippen LogP contribution in [0, 0.1) is 5.82 Å². The molecular formula is C27H22FNO3. The Morgan fingerprint density at radius 2 is 1.56 bits per heavy atom. The summed E-state index contributed by atoms with van der Waals surface area (Å²) in [6, 6.07) is 23.8. The summed E-state index contributed by atoms with van der Waals surface area (Å²) in [5, 5.41) is 10.6. The minimum absolute atomic E-state index is 0.111. The van der Waals surface area contributed by atoms with Gasteiger partial charge in [-0.15, -0.1) is 0 Å². The summed E-state index contributed by atoms with van der Waals surface area (Å²) in [7, 11) is 0. The Labute approximate surface area is 185 Å². The van der Waals surface area contributed by atoms with Gasteiger partial charge in [0.15, 0.2) is 11.5 Å². The van der Waals surface area contributed by atoms with E-state index < -0.39 is 29.3 Å². The molecule has 1 amide bonds. The third-order valence-corrected chi connectivity index (χ3v) is 5.48. The molecule has 0 aromatic heterocycles. The second kappa shape index (κ2) is 9.43. The monoisotopic (exact) mass is 427 g/mol. The number of amides is 1. The maximum atomic E-state index is 14.7. The van der Waals surface area contributed by atoms with Gasteiger partial charge in [-0.25, -0.2) is 4.39 Å². The molecule has 0 saturated carbocycles. The van der Waals surface area contributed by atoms with Crippen molar-refractivity contribution in [1.82, 2.24) is 4.90 Å². The van der Waals surface area contributed by atoms with Crippen LogP contribution < -0.4 is 0 Å². The first-order chi connectivity index (χ1) is 15.6. The average molecular weight is 427 g/mol. The fourth-order valence-electron chi connectivity index (χ4n) is 3.88. The molecule has 1 unspecified atom stereocenters. The van der Waals surface area contributed by atoms with Gasteiger partial charge in [-0.3, -0.25) is 9.59 Å². The van der Waals surface area contributed by atoms with Crippen molar-refractivity contribution < 1.29 is 19.1 Å². The van der Waals surface area contributed by atoms with Gasteiger partial charge in [0, 0.05) is 12.1 Å². The minimum atomic E-state index is -1.000. The molecule has 32 heavy (non-hydrogen) atoms. The van der Waals surface area contributed by atoms with Crippen LogP contribution >= 0.6 is 0 Å². The summed E-state index contributed by atoms with van der Waals surface area (Å²) in [5.74, 6) is -2.38. The second-order valence-electron chi connectivity index (χ2n) is 7.53. The smallest absolute Gasteiger partial charge is 0.290 e. The number of hydrogen-bond acceptors (Lipinski definition) is 3. The molecule has 0 spiro atoms. The van der Waals surface area contributed by atoms with Crippen molar-refractivity contribution in [2.75, 3.05) is 6.54 Å². The maximum Gasteiger partial charge on any atom is 0.290 e. The molecule has 0 aliphatic carbocycles. The van der Waals surface area contributed by atoms with Gasteiger partial charge in [0.2, 0.25) is 0 Å². The van der Waals surface area contributed by atoms with Gasteiger partial charge in [-0.1, -0.05) is 84.9 Å². The van der Waals surface area contributed by atoms with Gasteiger partial charge in [0.25, 0.3) is 5.91 Å². The van der Waals surface area contributed by atoms with E-state index in [-0.39, 0.29) is 17.7 Å². The van der Waals surface area contributed by atoms with Crippen molar-refractivity contribution in [3.63, 3.8) is 0 Å². The number of hydrogen-bond donors (Lipinski definition) is 1. The number of rotatable bonds is 7. The number of aliphatic hydroxyl groups is 1. The van der Waals surface area contributed by atoms with Crippen LogP contribution in [0.1, 0.15) is 22.7 Å². The Kier molecular flexibility index (Phi) is 6.26. The zero-order chi connectivity index (χ0) is 22.5. The molecule has 4 nitrogen and oxygen atoms in total. The first-order valence-electron chi connectivity index (χ1n) is 10.4. The topological polar surface area (TPSA) is 57.6 Å². The maximum absolute atomic E-state index is 14.7. The van der Waals surface area contributed by atoms with Crippen LogP contribution in [0.25, 0.3) is 6.08 Å². The molecule has 5 heteroatoms. The standard InChI is InChI=1S/C27H22FNO3/c28-22-14-8-7-13-21(22)25-24(23(30)16-15-19-9-3-1-4-10-19)26(31)27(32)29(25)18-17-20-11-5-2-6-12-20/h1-16,25,31H,17-18H2. The molecule has 3 aromatic rings. The quantitative estimate of drug-likeness (QED) is 0.537. The Bertz CT molecular complexity index is 1190. The van der Waals surface area contributed by atoms with E-state index in [9.17, 15) is 19.1 Å². The highest BCUT2D eigenvalue weighted by atomic mass is 19.1. The Balaban J connectivity index is 1.68. The van der Waals surface area contributed by atoms with Gasteiger partial charge in [-0.2, -0.15) is 0 Å². The molecule has 0 fully saturated rings. The molecule has 160 valence electrons. The summed E-state index contributed by atoms with van der Waals surface area (Å²) in [6.07, 6.45) is 3.42. The van der Waals surface area contributed by atoms with E-state index in [2.05, 4.69) is 0 Å². The van der Waals surface area contributed by atoms with Crippen LogP contribution in [-0.2, 0) is 16.0 Å². The van der Waals surface area contributed by atoms with Crippen molar-refractivity contribution in [2.24, 2.45) is 0 Å². The van der Waals surface area contributed by atoms with E-state index in [0.717, 1.165) is 11.1 Å². The minimum Gasteiger partial charge on any atom is -0.503 e. The van der Waals surface area contributed by atoms with E-state index in [0.29, 0.717) is 6.42 Å². The first-order valence-corrected chi connectivity index (χ1v) is 10.4. The lowest BCUT2D eigenvalue weighted by molar-refractivity contribution is -0.129. The number of halogens is 1. The van der Waals surface area contributed by atoms with Gasteiger partial charge in [-0.05, 0) is 29.7 Å². The number of ketones is 1. The number of nitrogens with zero attached hydrogens (tertiary/aromatic N) is 1. The number of allylic oxidation sites excluding steroid dienone is 1. The summed E-state index contributed by atoms with van der Waals surface area (Å²) in [4.78, 5) is 27.4. The SMILES string of the molecule is O=C(C=Cc1ccccc1)C1=C(O)C(=O)N(CCc2ccccc2)C1c1ccccc1F. The average Bonchev–Trinajstić information content (AvgIpc) is 3.07. The zero-order valence-electron chi connectivity index (χ0n) is 17.3. The lowest BCUT2D eigenvalue weighted by Crippen LogP contribution is -2.33. The lowest BCUT2D eigenvalue weighted by Gasteiger charge is -2.27. The van der Waals surface area contributed by atoms with Crippen LogP contribution in [0.4, 0.5) is 4.39 Å². The second-order valence-corrected chi connectivity index (χ2v) is 7.53.